The maximum absolute atomic E-state index is 12.9. The van der Waals surface area contributed by atoms with Crippen LogP contribution in [0.2, 0.25) is 0 Å². The molecule has 1 atom stereocenters. The largest absolute Gasteiger partial charge is 0.491 e. The Morgan fingerprint density at radius 1 is 1.03 bits per heavy atom. The Balaban J connectivity index is 1.45. The molecule has 1 fully saturated rings. The molecule has 1 amide bonds. The molecule has 0 saturated carbocycles. The van der Waals surface area contributed by atoms with Gasteiger partial charge in [-0.25, -0.2) is 8.42 Å². The maximum atomic E-state index is 12.9. The van der Waals surface area contributed by atoms with Gasteiger partial charge in [-0.3, -0.25) is 14.5 Å². The van der Waals surface area contributed by atoms with Crippen molar-refractivity contribution in [2.45, 2.75) is 31.3 Å². The van der Waals surface area contributed by atoms with E-state index in [0.717, 1.165) is 0 Å². The van der Waals surface area contributed by atoms with Crippen LogP contribution < -0.4 is 10.1 Å². The standard InChI is InChI=1S/C24H31N3O6S/c1-3-24(30)19-4-8-22(9-5-19)33-17-21(29)16-26-12-14-27(15-13-26)34(31,32)23-10-6-20(7-11-23)25-18(2)28/h4-11,21,29H,3,12-17H2,1-2H3,(H,25,28)/t21-/m0/s1. The number of hydrogen-bond donors (Lipinski definition) is 2. The fourth-order valence-electron chi connectivity index (χ4n) is 3.70. The third-order valence-electron chi connectivity index (χ3n) is 5.55. The number of nitrogens with zero attached hydrogens (tertiary/aromatic N) is 2. The van der Waals surface area contributed by atoms with E-state index in [4.69, 9.17) is 4.74 Å². The molecular weight excluding hydrogens is 458 g/mol. The number of rotatable bonds is 10. The zero-order valence-corrected chi connectivity index (χ0v) is 20.3. The number of ketones is 1. The van der Waals surface area contributed by atoms with Gasteiger partial charge in [0.25, 0.3) is 0 Å². The third kappa shape index (κ3) is 6.86. The maximum Gasteiger partial charge on any atom is 0.243 e. The Labute approximate surface area is 200 Å². The molecule has 10 heteroatoms. The quantitative estimate of drug-likeness (QED) is 0.490. The Hall–Kier alpha value is -2.79. The highest BCUT2D eigenvalue weighted by molar-refractivity contribution is 7.89. The molecule has 2 N–H and O–H groups in total. The number of carbonyl (C=O) groups is 2. The average molecular weight is 490 g/mol. The van der Waals surface area contributed by atoms with Crippen LogP contribution in [0.15, 0.2) is 53.4 Å². The summed E-state index contributed by atoms with van der Waals surface area (Å²) in [6.07, 6.45) is -0.292. The average Bonchev–Trinajstić information content (AvgIpc) is 2.83. The molecule has 2 aromatic rings. The molecule has 2 aromatic carbocycles. The van der Waals surface area contributed by atoms with E-state index in [9.17, 15) is 23.1 Å². The molecule has 34 heavy (non-hydrogen) atoms. The van der Waals surface area contributed by atoms with Crippen LogP contribution in [-0.2, 0) is 14.8 Å². The van der Waals surface area contributed by atoms with Crippen molar-refractivity contribution in [3.05, 3.63) is 54.1 Å². The first-order valence-corrected chi connectivity index (χ1v) is 12.7. The summed E-state index contributed by atoms with van der Waals surface area (Å²) in [5, 5.41) is 13.0. The van der Waals surface area contributed by atoms with Crippen molar-refractivity contribution < 1.29 is 27.9 Å². The van der Waals surface area contributed by atoms with Crippen molar-refractivity contribution in [3.63, 3.8) is 0 Å². The highest BCUT2D eigenvalue weighted by Gasteiger charge is 2.29. The first kappa shape index (κ1) is 25.8. The minimum atomic E-state index is -3.63. The lowest BCUT2D eigenvalue weighted by Crippen LogP contribution is -2.50. The summed E-state index contributed by atoms with van der Waals surface area (Å²) >= 11 is 0. The summed E-state index contributed by atoms with van der Waals surface area (Å²) in [5.74, 6) is 0.419. The molecule has 1 aliphatic heterocycles. The zero-order chi connectivity index (χ0) is 24.7. The van der Waals surface area contributed by atoms with E-state index in [0.29, 0.717) is 56.1 Å². The first-order chi connectivity index (χ1) is 16.2. The minimum Gasteiger partial charge on any atom is -0.491 e. The van der Waals surface area contributed by atoms with Crippen LogP contribution in [0.4, 0.5) is 5.69 Å². The lowest BCUT2D eigenvalue weighted by molar-refractivity contribution is -0.114. The van der Waals surface area contributed by atoms with Gasteiger partial charge in [0.1, 0.15) is 18.5 Å². The number of amides is 1. The highest BCUT2D eigenvalue weighted by atomic mass is 32.2. The molecule has 1 saturated heterocycles. The molecule has 9 nitrogen and oxygen atoms in total. The molecule has 0 aromatic heterocycles. The Morgan fingerprint density at radius 2 is 1.65 bits per heavy atom. The van der Waals surface area contributed by atoms with Crippen molar-refractivity contribution in [1.82, 2.24) is 9.21 Å². The predicted octanol–water partition coefficient (Wildman–Crippen LogP) is 1.98. The van der Waals surface area contributed by atoms with Crippen LogP contribution >= 0.6 is 0 Å². The molecule has 0 unspecified atom stereocenters. The van der Waals surface area contributed by atoms with Gasteiger partial charge in [-0.15, -0.1) is 0 Å². The Morgan fingerprint density at radius 3 is 2.21 bits per heavy atom. The number of Topliss-reactive ketones (excluding diaryl/α,β-unsaturated/α-hetero) is 1. The summed E-state index contributed by atoms with van der Waals surface area (Å²) in [6, 6.07) is 12.9. The SMILES string of the molecule is CCC(=O)c1ccc(OC[C@@H](O)CN2CCN(S(=O)(=O)c3ccc(NC(C)=O)cc3)CC2)cc1. The van der Waals surface area contributed by atoms with Crippen molar-refractivity contribution in [1.29, 1.82) is 0 Å². The van der Waals surface area contributed by atoms with E-state index in [1.165, 1.54) is 23.4 Å². The second kappa shape index (κ2) is 11.6. The van der Waals surface area contributed by atoms with Crippen LogP contribution in [0.5, 0.6) is 5.75 Å². The van der Waals surface area contributed by atoms with Crippen LogP contribution in [0.25, 0.3) is 0 Å². The molecule has 0 spiro atoms. The van der Waals surface area contributed by atoms with Gasteiger partial charge in [0.05, 0.1) is 4.90 Å². The highest BCUT2D eigenvalue weighted by Crippen LogP contribution is 2.20. The monoisotopic (exact) mass is 489 g/mol. The Bertz CT molecular complexity index is 1080. The van der Waals surface area contributed by atoms with Gasteiger partial charge in [0.2, 0.25) is 15.9 Å². The Kier molecular flexibility index (Phi) is 8.78. The number of hydrogen-bond acceptors (Lipinski definition) is 7. The van der Waals surface area contributed by atoms with E-state index < -0.39 is 16.1 Å². The summed E-state index contributed by atoms with van der Waals surface area (Å²) in [7, 11) is -3.63. The van der Waals surface area contributed by atoms with Crippen LogP contribution in [0.3, 0.4) is 0 Å². The van der Waals surface area contributed by atoms with E-state index in [1.54, 1.807) is 36.4 Å². The number of aliphatic hydroxyl groups is 1. The van der Waals surface area contributed by atoms with E-state index in [2.05, 4.69) is 5.32 Å². The summed E-state index contributed by atoms with van der Waals surface area (Å²) in [4.78, 5) is 25.0. The van der Waals surface area contributed by atoms with E-state index in [1.807, 2.05) is 11.8 Å². The zero-order valence-electron chi connectivity index (χ0n) is 19.4. The van der Waals surface area contributed by atoms with E-state index >= 15 is 0 Å². The molecule has 1 heterocycles. The second-order valence-electron chi connectivity index (χ2n) is 8.18. The fraction of sp³-hybridized carbons (Fsp3) is 0.417. The van der Waals surface area contributed by atoms with Crippen molar-refractivity contribution in [3.8, 4) is 5.75 Å². The number of benzene rings is 2. The summed E-state index contributed by atoms with van der Waals surface area (Å²) < 4.78 is 32.9. The molecule has 184 valence electrons. The van der Waals surface area contributed by atoms with Gasteiger partial charge < -0.3 is 15.2 Å². The number of piperazine rings is 1. The van der Waals surface area contributed by atoms with Crippen molar-refractivity contribution in [2.24, 2.45) is 0 Å². The third-order valence-corrected chi connectivity index (χ3v) is 7.47. The normalized spacial score (nSPS) is 16.1. The lowest BCUT2D eigenvalue weighted by atomic mass is 10.1. The second-order valence-corrected chi connectivity index (χ2v) is 10.1. The van der Waals surface area contributed by atoms with Crippen molar-refractivity contribution >= 4 is 27.4 Å². The van der Waals surface area contributed by atoms with Gasteiger partial charge in [-0.05, 0) is 48.5 Å². The predicted molar refractivity (Wildman–Crippen MR) is 129 cm³/mol. The number of aliphatic hydroxyl groups excluding tert-OH is 1. The number of β-amino-alcohol motifs (C(OH)–C–C–N with tert-alkyl or cyclic N) is 1. The van der Waals surface area contributed by atoms with Gasteiger partial charge >= 0.3 is 0 Å². The smallest absolute Gasteiger partial charge is 0.243 e. The molecule has 0 aliphatic carbocycles. The van der Waals surface area contributed by atoms with Crippen molar-refractivity contribution in [2.75, 3.05) is 44.6 Å². The lowest BCUT2D eigenvalue weighted by Gasteiger charge is -2.34. The molecule has 3 rings (SSSR count). The van der Waals surface area contributed by atoms with Gasteiger partial charge in [0, 0.05) is 57.3 Å². The van der Waals surface area contributed by atoms with Gasteiger partial charge in [-0.2, -0.15) is 4.31 Å². The number of nitrogens with one attached hydrogen (secondary N) is 1. The first-order valence-electron chi connectivity index (χ1n) is 11.2. The van der Waals surface area contributed by atoms with E-state index in [-0.39, 0.29) is 23.2 Å². The number of ether oxygens (including phenoxy) is 1. The summed E-state index contributed by atoms with van der Waals surface area (Å²) in [6.45, 7) is 5.28. The van der Waals surface area contributed by atoms with Crippen LogP contribution in [0.1, 0.15) is 30.6 Å². The summed E-state index contributed by atoms with van der Waals surface area (Å²) in [5.41, 5.74) is 1.17. The minimum absolute atomic E-state index is 0.0646. The fourth-order valence-corrected chi connectivity index (χ4v) is 5.12. The molecule has 0 bridgehead atoms. The number of anilines is 1. The molecular formula is C24H31N3O6S. The topological polar surface area (TPSA) is 116 Å². The van der Waals surface area contributed by atoms with Gasteiger partial charge in [-0.1, -0.05) is 6.92 Å². The van der Waals surface area contributed by atoms with Crippen LogP contribution in [-0.4, -0.2) is 79.9 Å². The number of carbonyl (C=O) groups excluding carboxylic acids is 2. The van der Waals surface area contributed by atoms with Crippen LogP contribution in [0, 0.1) is 0 Å². The molecule has 1 aliphatic rings. The number of sulfonamides is 1. The molecule has 0 radical (unpaired) electrons. The van der Waals surface area contributed by atoms with Gasteiger partial charge in [0.15, 0.2) is 5.78 Å².